The predicted octanol–water partition coefficient (Wildman–Crippen LogP) is 4.14. The molecule has 9 nitrogen and oxygen atoms in total. The molecule has 0 fully saturated rings. The van der Waals surface area contributed by atoms with E-state index in [0.29, 0.717) is 37.6 Å². The van der Waals surface area contributed by atoms with E-state index in [9.17, 15) is 9.59 Å². The van der Waals surface area contributed by atoms with Gasteiger partial charge in [-0.05, 0) is 44.9 Å². The topological polar surface area (TPSA) is 98.6 Å². The van der Waals surface area contributed by atoms with E-state index in [-0.39, 0.29) is 12.0 Å². The van der Waals surface area contributed by atoms with Gasteiger partial charge in [0.15, 0.2) is 5.82 Å². The smallest absolute Gasteiger partial charge is 0.410 e. The first-order chi connectivity index (χ1) is 15.4. The van der Waals surface area contributed by atoms with Crippen LogP contribution in [0.15, 0.2) is 24.8 Å². The van der Waals surface area contributed by atoms with Crippen molar-refractivity contribution in [2.45, 2.75) is 71.8 Å². The quantitative estimate of drug-likeness (QED) is 0.479. The molecule has 1 N–H and O–H groups in total. The average molecular weight is 474 g/mol. The maximum atomic E-state index is 12.7. The number of aromatic nitrogens is 3. The van der Waals surface area contributed by atoms with Crippen molar-refractivity contribution in [1.29, 1.82) is 0 Å². The summed E-state index contributed by atoms with van der Waals surface area (Å²) in [6, 6.07) is 2.94. The number of rotatable bonds is 7. The lowest BCUT2D eigenvalue weighted by molar-refractivity contribution is 0.0220. The molecule has 2 aromatic rings. The summed E-state index contributed by atoms with van der Waals surface area (Å²) >= 11 is 0. The number of hydrogen-bond acceptors (Lipinski definition) is 6. The SMILES string of the molecule is CC(C)(C)OC(=O)N1CCc2cc(C(=O)Nc3cn(COCC[Si](C)(C)C)cn3)cnc2C1. The van der Waals surface area contributed by atoms with Crippen molar-refractivity contribution in [2.24, 2.45) is 0 Å². The van der Waals surface area contributed by atoms with Gasteiger partial charge in [-0.15, -0.1) is 0 Å². The van der Waals surface area contributed by atoms with Crippen LogP contribution in [0.1, 0.15) is 42.4 Å². The summed E-state index contributed by atoms with van der Waals surface area (Å²) < 4.78 is 13.0. The van der Waals surface area contributed by atoms with Gasteiger partial charge in [0, 0.05) is 27.4 Å². The minimum absolute atomic E-state index is 0.273. The molecule has 0 saturated heterocycles. The molecular weight excluding hydrogens is 438 g/mol. The molecule has 0 bridgehead atoms. The molecule has 0 spiro atoms. The molecule has 10 heteroatoms. The molecule has 2 aromatic heterocycles. The Kier molecular flexibility index (Phi) is 7.58. The molecule has 0 atom stereocenters. The number of imidazole rings is 1. The standard InChI is InChI=1S/C23H35N5O4Si/c1-23(2,3)32-22(30)28-8-7-17-11-18(12-24-19(17)13-28)21(29)26-20-14-27(15-25-20)16-31-9-10-33(4,5)6/h11-12,14-15H,7-10,13,16H2,1-6H3,(H,26,29). The third-order valence-corrected chi connectivity index (χ3v) is 6.78. The highest BCUT2D eigenvalue weighted by Crippen LogP contribution is 2.21. The Bertz CT molecular complexity index is 993. The molecule has 0 aliphatic carbocycles. The largest absolute Gasteiger partial charge is 0.444 e. The lowest BCUT2D eigenvalue weighted by atomic mass is 10.0. The second-order valence-electron chi connectivity index (χ2n) is 10.6. The van der Waals surface area contributed by atoms with Crippen molar-refractivity contribution in [1.82, 2.24) is 19.4 Å². The van der Waals surface area contributed by atoms with Crippen LogP contribution in [0.5, 0.6) is 0 Å². The van der Waals surface area contributed by atoms with Gasteiger partial charge >= 0.3 is 6.09 Å². The zero-order valence-electron chi connectivity index (χ0n) is 20.5. The minimum Gasteiger partial charge on any atom is -0.444 e. The van der Waals surface area contributed by atoms with Crippen molar-refractivity contribution >= 4 is 25.9 Å². The number of nitrogens with one attached hydrogen (secondary N) is 1. The number of amides is 2. The average Bonchev–Trinajstić information content (AvgIpc) is 3.15. The Morgan fingerprint density at radius 2 is 1.97 bits per heavy atom. The highest BCUT2D eigenvalue weighted by molar-refractivity contribution is 6.76. The molecule has 1 aliphatic heterocycles. The molecular formula is C23H35N5O4Si. The van der Waals surface area contributed by atoms with Crippen LogP contribution >= 0.6 is 0 Å². The number of carbonyl (C=O) groups excluding carboxylic acids is 2. The Morgan fingerprint density at radius 3 is 2.67 bits per heavy atom. The molecule has 0 aromatic carbocycles. The Hall–Kier alpha value is -2.72. The van der Waals surface area contributed by atoms with E-state index in [0.717, 1.165) is 23.9 Å². The van der Waals surface area contributed by atoms with Gasteiger partial charge in [0.2, 0.25) is 0 Å². The summed E-state index contributed by atoms with van der Waals surface area (Å²) in [4.78, 5) is 35.3. The summed E-state index contributed by atoms with van der Waals surface area (Å²) in [7, 11) is -1.12. The van der Waals surface area contributed by atoms with E-state index < -0.39 is 13.7 Å². The molecule has 0 saturated carbocycles. The fourth-order valence-electron chi connectivity index (χ4n) is 3.25. The maximum Gasteiger partial charge on any atom is 0.410 e. The summed E-state index contributed by atoms with van der Waals surface area (Å²) in [5.74, 6) is 0.187. The number of fused-ring (bicyclic) bond motifs is 1. The van der Waals surface area contributed by atoms with E-state index in [1.165, 1.54) is 6.20 Å². The van der Waals surface area contributed by atoms with Crippen molar-refractivity contribution in [3.8, 4) is 0 Å². The Labute approximate surface area is 196 Å². The number of pyridine rings is 1. The number of anilines is 1. The van der Waals surface area contributed by atoms with Crippen LogP contribution in [-0.2, 0) is 29.2 Å². The summed E-state index contributed by atoms with van der Waals surface area (Å²) in [5.41, 5.74) is 1.66. The molecule has 180 valence electrons. The second-order valence-corrected chi connectivity index (χ2v) is 16.2. The number of ether oxygens (including phenoxy) is 2. The lowest BCUT2D eigenvalue weighted by Crippen LogP contribution is -2.40. The van der Waals surface area contributed by atoms with E-state index in [2.05, 4.69) is 34.9 Å². The van der Waals surface area contributed by atoms with Crippen molar-refractivity contribution in [3.63, 3.8) is 0 Å². The summed E-state index contributed by atoms with van der Waals surface area (Å²) in [5, 5.41) is 2.81. The maximum absolute atomic E-state index is 12.7. The van der Waals surface area contributed by atoms with Gasteiger partial charge in [-0.1, -0.05) is 19.6 Å². The van der Waals surface area contributed by atoms with Crippen LogP contribution in [0.2, 0.25) is 25.7 Å². The Balaban J connectivity index is 1.54. The molecule has 2 amide bonds. The van der Waals surface area contributed by atoms with Crippen LogP contribution in [0.25, 0.3) is 0 Å². The van der Waals surface area contributed by atoms with Crippen LogP contribution in [0.4, 0.5) is 10.6 Å². The van der Waals surface area contributed by atoms with Crippen LogP contribution in [0.3, 0.4) is 0 Å². The van der Waals surface area contributed by atoms with E-state index in [4.69, 9.17) is 9.47 Å². The van der Waals surface area contributed by atoms with Gasteiger partial charge in [0.05, 0.1) is 30.3 Å². The third-order valence-electron chi connectivity index (χ3n) is 5.08. The van der Waals surface area contributed by atoms with E-state index in [1.807, 2.05) is 26.8 Å². The normalized spacial score (nSPS) is 14.1. The summed E-state index contributed by atoms with van der Waals surface area (Å²) in [6.07, 6.45) is 5.18. The molecule has 1 aliphatic rings. The first-order valence-corrected chi connectivity index (χ1v) is 15.0. The first kappa shape index (κ1) is 24.9. The van der Waals surface area contributed by atoms with Crippen LogP contribution in [-0.4, -0.2) is 58.3 Å². The monoisotopic (exact) mass is 473 g/mol. The van der Waals surface area contributed by atoms with Gasteiger partial charge in [-0.25, -0.2) is 9.78 Å². The second kappa shape index (κ2) is 10.0. The molecule has 33 heavy (non-hydrogen) atoms. The third kappa shape index (κ3) is 7.67. The zero-order chi connectivity index (χ0) is 24.2. The van der Waals surface area contributed by atoms with Gasteiger partial charge < -0.3 is 24.3 Å². The number of hydrogen-bond donors (Lipinski definition) is 1. The van der Waals surface area contributed by atoms with Crippen molar-refractivity contribution in [2.75, 3.05) is 18.5 Å². The molecule has 3 heterocycles. The fraction of sp³-hybridized carbons (Fsp3) is 0.565. The van der Waals surface area contributed by atoms with Gasteiger partial charge in [0.25, 0.3) is 5.91 Å². The highest BCUT2D eigenvalue weighted by Gasteiger charge is 2.27. The van der Waals surface area contributed by atoms with Crippen molar-refractivity contribution in [3.05, 3.63) is 41.6 Å². The number of nitrogens with zero attached hydrogens (tertiary/aromatic N) is 4. The number of carbonyl (C=O) groups is 2. The van der Waals surface area contributed by atoms with Crippen LogP contribution < -0.4 is 5.32 Å². The fourth-order valence-corrected chi connectivity index (χ4v) is 4.01. The predicted molar refractivity (Wildman–Crippen MR) is 129 cm³/mol. The Morgan fingerprint density at radius 1 is 1.21 bits per heavy atom. The first-order valence-electron chi connectivity index (χ1n) is 11.3. The van der Waals surface area contributed by atoms with Crippen molar-refractivity contribution < 1.29 is 19.1 Å². The van der Waals surface area contributed by atoms with E-state index in [1.54, 1.807) is 22.0 Å². The van der Waals surface area contributed by atoms with Gasteiger partial charge in [0.1, 0.15) is 12.3 Å². The van der Waals surface area contributed by atoms with E-state index >= 15 is 0 Å². The van der Waals surface area contributed by atoms with Gasteiger partial charge in [-0.3, -0.25) is 9.78 Å². The zero-order valence-corrected chi connectivity index (χ0v) is 21.5. The molecule has 3 rings (SSSR count). The molecule has 0 unspecified atom stereocenters. The highest BCUT2D eigenvalue weighted by atomic mass is 28.3. The van der Waals surface area contributed by atoms with Crippen LogP contribution in [0, 0.1) is 0 Å². The summed E-state index contributed by atoms with van der Waals surface area (Å²) in [6.45, 7) is 14.5. The molecule has 0 radical (unpaired) electrons. The minimum atomic E-state index is -1.12. The lowest BCUT2D eigenvalue weighted by Gasteiger charge is -2.30. The van der Waals surface area contributed by atoms with Gasteiger partial charge in [-0.2, -0.15) is 0 Å².